The number of rotatable bonds is 4. The third kappa shape index (κ3) is 5.12. The second-order valence-electron chi connectivity index (χ2n) is 8.28. The number of carbonyl (C=O) groups is 1. The van der Waals surface area contributed by atoms with Crippen LogP contribution in [0.2, 0.25) is 0 Å². The molecule has 146 valence electrons. The van der Waals surface area contributed by atoms with Crippen LogP contribution in [0, 0.1) is 0 Å². The van der Waals surface area contributed by atoms with E-state index in [9.17, 15) is 4.79 Å². The van der Waals surface area contributed by atoms with Crippen molar-refractivity contribution in [2.75, 3.05) is 13.1 Å². The summed E-state index contributed by atoms with van der Waals surface area (Å²) < 4.78 is 7.61. The van der Waals surface area contributed by atoms with Crippen molar-refractivity contribution in [3.05, 3.63) is 53.3 Å². The Morgan fingerprint density at radius 3 is 2.44 bits per heavy atom. The van der Waals surface area contributed by atoms with E-state index in [0.29, 0.717) is 5.92 Å². The molecule has 1 fully saturated rings. The number of piperidine rings is 1. The molecule has 0 aliphatic carbocycles. The first-order valence-electron chi connectivity index (χ1n) is 9.94. The molecular formula is C22H31N3O2. The Bertz CT molecular complexity index is 754. The number of ether oxygens (including phenoxy) is 1. The van der Waals surface area contributed by atoms with Crippen LogP contribution in [0.4, 0.5) is 4.79 Å². The lowest BCUT2D eigenvalue weighted by Crippen LogP contribution is -2.41. The number of carbonyl (C=O) groups excluding carboxylic acids is 1. The van der Waals surface area contributed by atoms with Gasteiger partial charge in [0, 0.05) is 37.7 Å². The summed E-state index contributed by atoms with van der Waals surface area (Å²) in [6.07, 6.45) is 2.57. The van der Waals surface area contributed by atoms with Crippen LogP contribution in [0.25, 0.3) is 0 Å². The smallest absolute Gasteiger partial charge is 0.410 e. The molecule has 1 aromatic carbocycles. The molecule has 1 amide bonds. The lowest BCUT2D eigenvalue weighted by atomic mass is 9.93. The Balaban J connectivity index is 1.64. The van der Waals surface area contributed by atoms with Gasteiger partial charge in [0.2, 0.25) is 0 Å². The molecule has 5 nitrogen and oxygen atoms in total. The Kier molecular flexibility index (Phi) is 5.88. The van der Waals surface area contributed by atoms with E-state index in [4.69, 9.17) is 9.84 Å². The minimum atomic E-state index is -0.444. The van der Waals surface area contributed by atoms with Crippen molar-refractivity contribution in [3.63, 3.8) is 0 Å². The minimum Gasteiger partial charge on any atom is -0.444 e. The molecule has 0 bridgehead atoms. The largest absolute Gasteiger partial charge is 0.444 e. The van der Waals surface area contributed by atoms with Crippen LogP contribution in [0.1, 0.15) is 63.4 Å². The van der Waals surface area contributed by atoms with Crippen LogP contribution >= 0.6 is 0 Å². The summed E-state index contributed by atoms with van der Waals surface area (Å²) in [5.74, 6) is 0.408. The fraction of sp³-hybridized carbons (Fsp3) is 0.545. The van der Waals surface area contributed by atoms with Gasteiger partial charge in [-0.2, -0.15) is 5.10 Å². The molecule has 1 aliphatic rings. The van der Waals surface area contributed by atoms with Crippen molar-refractivity contribution in [1.82, 2.24) is 14.7 Å². The van der Waals surface area contributed by atoms with Gasteiger partial charge in [0.15, 0.2) is 0 Å². The van der Waals surface area contributed by atoms with Gasteiger partial charge >= 0.3 is 6.09 Å². The lowest BCUT2D eigenvalue weighted by molar-refractivity contribution is 0.0204. The summed E-state index contributed by atoms with van der Waals surface area (Å²) >= 11 is 0. The maximum Gasteiger partial charge on any atom is 0.410 e. The van der Waals surface area contributed by atoms with E-state index in [-0.39, 0.29) is 6.09 Å². The summed E-state index contributed by atoms with van der Waals surface area (Å²) in [5, 5.41) is 4.86. The van der Waals surface area contributed by atoms with Gasteiger partial charge < -0.3 is 9.64 Å². The SMILES string of the molecule is CCn1nc(C2CCN(C(=O)OC(C)(C)C)CC2)cc1Cc1ccccc1. The normalized spacial score (nSPS) is 15.8. The predicted octanol–water partition coefficient (Wildman–Crippen LogP) is 4.61. The van der Waals surface area contributed by atoms with Gasteiger partial charge in [0.05, 0.1) is 5.69 Å². The summed E-state index contributed by atoms with van der Waals surface area (Å²) in [5.41, 5.74) is 3.28. The summed E-state index contributed by atoms with van der Waals surface area (Å²) in [6, 6.07) is 12.8. The average molecular weight is 370 g/mol. The van der Waals surface area contributed by atoms with E-state index >= 15 is 0 Å². The van der Waals surface area contributed by atoms with Crippen molar-refractivity contribution in [1.29, 1.82) is 0 Å². The highest BCUT2D eigenvalue weighted by atomic mass is 16.6. The van der Waals surface area contributed by atoms with Crippen molar-refractivity contribution in [2.45, 2.75) is 65.0 Å². The number of nitrogens with zero attached hydrogens (tertiary/aromatic N) is 3. The standard InChI is InChI=1S/C22H31N3O2/c1-5-25-19(15-17-9-7-6-8-10-17)16-20(23-25)18-11-13-24(14-12-18)21(26)27-22(2,3)4/h6-10,16,18H,5,11-15H2,1-4H3. The van der Waals surface area contributed by atoms with Crippen LogP contribution < -0.4 is 0 Å². The summed E-state index contributed by atoms with van der Waals surface area (Å²) in [6.45, 7) is 10.2. The molecule has 2 aromatic rings. The second-order valence-corrected chi connectivity index (χ2v) is 8.28. The fourth-order valence-corrected chi connectivity index (χ4v) is 3.58. The van der Waals surface area contributed by atoms with Crippen LogP contribution in [0.3, 0.4) is 0 Å². The van der Waals surface area contributed by atoms with Crippen LogP contribution in [0.5, 0.6) is 0 Å². The van der Waals surface area contributed by atoms with E-state index in [2.05, 4.69) is 41.9 Å². The summed E-state index contributed by atoms with van der Waals surface area (Å²) in [7, 11) is 0. The molecule has 0 atom stereocenters. The highest BCUT2D eigenvalue weighted by molar-refractivity contribution is 5.68. The van der Waals surface area contributed by atoms with Crippen molar-refractivity contribution >= 4 is 6.09 Å². The van der Waals surface area contributed by atoms with Crippen LogP contribution in [-0.2, 0) is 17.7 Å². The first-order chi connectivity index (χ1) is 12.9. The number of hydrogen-bond acceptors (Lipinski definition) is 3. The molecule has 0 saturated carbocycles. The predicted molar refractivity (Wildman–Crippen MR) is 107 cm³/mol. The first-order valence-corrected chi connectivity index (χ1v) is 9.94. The van der Waals surface area contributed by atoms with Crippen molar-refractivity contribution < 1.29 is 9.53 Å². The van der Waals surface area contributed by atoms with Gasteiger partial charge in [0.1, 0.15) is 5.60 Å². The van der Waals surface area contributed by atoms with Crippen LogP contribution in [0.15, 0.2) is 36.4 Å². The number of amides is 1. The first kappa shape index (κ1) is 19.5. The number of hydrogen-bond donors (Lipinski definition) is 0. The molecule has 0 N–H and O–H groups in total. The third-order valence-corrected chi connectivity index (χ3v) is 4.97. The fourth-order valence-electron chi connectivity index (χ4n) is 3.58. The van der Waals surface area contributed by atoms with E-state index in [0.717, 1.165) is 44.6 Å². The monoisotopic (exact) mass is 369 g/mol. The highest BCUT2D eigenvalue weighted by Crippen LogP contribution is 2.29. The summed E-state index contributed by atoms with van der Waals surface area (Å²) in [4.78, 5) is 14.1. The zero-order valence-electron chi connectivity index (χ0n) is 16.9. The zero-order chi connectivity index (χ0) is 19.4. The quantitative estimate of drug-likeness (QED) is 0.791. The maximum atomic E-state index is 12.2. The van der Waals surface area contributed by atoms with Gasteiger partial charge in [0.25, 0.3) is 0 Å². The molecule has 1 saturated heterocycles. The molecule has 0 unspecified atom stereocenters. The Morgan fingerprint density at radius 1 is 1.19 bits per heavy atom. The molecule has 5 heteroatoms. The minimum absolute atomic E-state index is 0.204. The Labute approximate surface area is 162 Å². The molecule has 2 heterocycles. The number of aryl methyl sites for hydroxylation is 1. The number of likely N-dealkylation sites (tertiary alicyclic amines) is 1. The van der Waals surface area contributed by atoms with Gasteiger partial charge in [-0.3, -0.25) is 4.68 Å². The van der Waals surface area contributed by atoms with E-state index in [1.807, 2.05) is 31.7 Å². The third-order valence-electron chi connectivity index (χ3n) is 4.97. The van der Waals surface area contributed by atoms with E-state index in [1.165, 1.54) is 11.3 Å². The van der Waals surface area contributed by atoms with Crippen LogP contribution in [-0.4, -0.2) is 39.5 Å². The molecule has 1 aliphatic heterocycles. The highest BCUT2D eigenvalue weighted by Gasteiger charge is 2.28. The average Bonchev–Trinajstić information content (AvgIpc) is 3.04. The number of aromatic nitrogens is 2. The van der Waals surface area contributed by atoms with Crippen molar-refractivity contribution in [2.24, 2.45) is 0 Å². The lowest BCUT2D eigenvalue weighted by Gasteiger charge is -2.32. The molecule has 1 aromatic heterocycles. The van der Waals surface area contributed by atoms with Gasteiger partial charge in [-0.25, -0.2) is 4.79 Å². The number of benzene rings is 1. The maximum absolute atomic E-state index is 12.2. The molecular weight excluding hydrogens is 338 g/mol. The topological polar surface area (TPSA) is 47.4 Å². The molecule has 0 spiro atoms. The molecule has 3 rings (SSSR count). The Hall–Kier alpha value is -2.30. The van der Waals surface area contributed by atoms with Gasteiger partial charge in [-0.05, 0) is 52.2 Å². The van der Waals surface area contributed by atoms with E-state index in [1.54, 1.807) is 0 Å². The molecule has 0 radical (unpaired) electrons. The van der Waals surface area contributed by atoms with E-state index < -0.39 is 5.60 Å². The zero-order valence-corrected chi connectivity index (χ0v) is 16.9. The Morgan fingerprint density at radius 2 is 1.85 bits per heavy atom. The second kappa shape index (κ2) is 8.15. The van der Waals surface area contributed by atoms with Gasteiger partial charge in [-0.1, -0.05) is 30.3 Å². The van der Waals surface area contributed by atoms with Crippen molar-refractivity contribution in [3.8, 4) is 0 Å². The van der Waals surface area contributed by atoms with Gasteiger partial charge in [-0.15, -0.1) is 0 Å². The molecule has 27 heavy (non-hydrogen) atoms.